The number of rotatable bonds is 7. The van der Waals surface area contributed by atoms with Crippen LogP contribution >= 0.6 is 0 Å². The lowest BCUT2D eigenvalue weighted by Crippen LogP contribution is -2.41. The van der Waals surface area contributed by atoms with Gasteiger partial charge in [0, 0.05) is 28.3 Å². The number of hydrogen-bond acceptors (Lipinski definition) is 6. The van der Waals surface area contributed by atoms with Gasteiger partial charge in [0.2, 0.25) is 0 Å². The maximum absolute atomic E-state index is 13.3. The van der Waals surface area contributed by atoms with Gasteiger partial charge in [-0.05, 0) is 55.2 Å². The minimum Gasteiger partial charge on any atom is -0.484 e. The van der Waals surface area contributed by atoms with E-state index in [2.05, 4.69) is 16.0 Å². The molecule has 0 bridgehead atoms. The van der Waals surface area contributed by atoms with Crippen LogP contribution in [0, 0.1) is 34.0 Å². The van der Waals surface area contributed by atoms with E-state index >= 15 is 0 Å². The number of aryl methyl sites for hydroxylation is 1. The number of ether oxygens (including phenoxy) is 1. The summed E-state index contributed by atoms with van der Waals surface area (Å²) >= 11 is 0. The van der Waals surface area contributed by atoms with Crippen molar-refractivity contribution in [2.45, 2.75) is 73.5 Å². The molecule has 2 amide bonds. The van der Waals surface area contributed by atoms with Crippen LogP contribution < -0.4 is 26.2 Å². The summed E-state index contributed by atoms with van der Waals surface area (Å²) in [5, 5.41) is 34.7. The number of nitrogens with one attached hydrogen (secondary N) is 6. The fourth-order valence-electron chi connectivity index (χ4n) is 4.86. The molecule has 1 heterocycles. The second kappa shape index (κ2) is 12.9. The number of nitrogens with zero attached hydrogens (tertiary/aromatic N) is 1. The first kappa shape index (κ1) is 32.3. The van der Waals surface area contributed by atoms with Crippen LogP contribution in [-0.4, -0.2) is 22.1 Å². The third kappa shape index (κ3) is 8.03. The molecule has 1 aliphatic carbocycles. The minimum absolute atomic E-state index is 0.222. The number of aromatic nitrogens is 1. The predicted molar refractivity (Wildman–Crippen MR) is 176 cm³/mol. The molecule has 9 heteroatoms. The summed E-state index contributed by atoms with van der Waals surface area (Å²) in [7, 11) is 0. The lowest BCUT2D eigenvalue weighted by Gasteiger charge is -2.32. The van der Waals surface area contributed by atoms with Crippen LogP contribution in [0.3, 0.4) is 0 Å². The Morgan fingerprint density at radius 3 is 2.20 bits per heavy atom. The summed E-state index contributed by atoms with van der Waals surface area (Å²) in [6.07, 6.45) is 4.45. The first-order valence-electron chi connectivity index (χ1n) is 15.0. The fraction of sp³-hybridized carbons (Fsp3) is 0.371. The third-order valence-corrected chi connectivity index (χ3v) is 7.57. The Bertz CT molecular complexity index is 1620. The van der Waals surface area contributed by atoms with Gasteiger partial charge in [-0.15, -0.1) is 0 Å². The van der Waals surface area contributed by atoms with Crippen LogP contribution in [0.15, 0.2) is 78.8 Å². The SMILES string of the molecule is Cc1ccc(N/C(=C\C(=N)C(C)(C)C)NC(=O)NC2CCC(Oc3ccc(=N)n(C(=N)C(C)(C)C)c3)c3ccccc32)cc1. The molecular formula is C35H45N7O2. The van der Waals surface area contributed by atoms with E-state index in [4.69, 9.17) is 21.0 Å². The van der Waals surface area contributed by atoms with Gasteiger partial charge in [-0.25, -0.2) is 4.79 Å². The summed E-state index contributed by atoms with van der Waals surface area (Å²) in [6, 6.07) is 18.6. The molecule has 0 aliphatic heterocycles. The van der Waals surface area contributed by atoms with Gasteiger partial charge in [-0.2, -0.15) is 0 Å². The van der Waals surface area contributed by atoms with Crippen molar-refractivity contribution in [3.05, 3.63) is 101 Å². The van der Waals surface area contributed by atoms with Crippen molar-refractivity contribution in [3.8, 4) is 5.75 Å². The molecule has 0 fully saturated rings. The maximum atomic E-state index is 13.3. The molecular weight excluding hydrogens is 550 g/mol. The molecule has 6 N–H and O–H groups in total. The lowest BCUT2D eigenvalue weighted by atomic mass is 9.85. The van der Waals surface area contributed by atoms with Crippen molar-refractivity contribution in [2.24, 2.45) is 10.8 Å². The Labute approximate surface area is 260 Å². The molecule has 0 saturated carbocycles. The second-order valence-corrected chi connectivity index (χ2v) is 13.4. The van der Waals surface area contributed by atoms with E-state index < -0.39 is 5.41 Å². The number of fused-ring (bicyclic) bond motifs is 1. The van der Waals surface area contributed by atoms with Gasteiger partial charge in [-0.3, -0.25) is 20.7 Å². The zero-order valence-corrected chi connectivity index (χ0v) is 26.8. The minimum atomic E-state index is -0.423. The molecule has 2 unspecified atom stereocenters. The number of anilines is 1. The fourth-order valence-corrected chi connectivity index (χ4v) is 4.86. The molecule has 44 heavy (non-hydrogen) atoms. The van der Waals surface area contributed by atoms with Crippen LogP contribution in [0.1, 0.15) is 83.2 Å². The topological polar surface area (TPSA) is 139 Å². The van der Waals surface area contributed by atoms with Crippen molar-refractivity contribution in [1.29, 1.82) is 16.2 Å². The van der Waals surface area contributed by atoms with E-state index in [1.807, 2.05) is 97.0 Å². The van der Waals surface area contributed by atoms with Crippen molar-refractivity contribution < 1.29 is 9.53 Å². The number of urea groups is 1. The van der Waals surface area contributed by atoms with Gasteiger partial charge >= 0.3 is 6.03 Å². The zero-order valence-electron chi connectivity index (χ0n) is 26.8. The van der Waals surface area contributed by atoms with Gasteiger partial charge in [0.05, 0.1) is 12.2 Å². The van der Waals surface area contributed by atoms with Crippen LogP contribution in [0.4, 0.5) is 10.5 Å². The molecule has 0 radical (unpaired) electrons. The quantitative estimate of drug-likeness (QED) is 0.125. The van der Waals surface area contributed by atoms with E-state index in [1.165, 1.54) is 0 Å². The van der Waals surface area contributed by atoms with Gasteiger partial charge in [0.15, 0.2) is 0 Å². The molecule has 2 atom stereocenters. The molecule has 0 spiro atoms. The van der Waals surface area contributed by atoms with Crippen molar-refractivity contribution in [2.75, 3.05) is 5.32 Å². The van der Waals surface area contributed by atoms with E-state index in [9.17, 15) is 4.79 Å². The van der Waals surface area contributed by atoms with Crippen LogP contribution in [0.5, 0.6) is 5.75 Å². The number of carbonyl (C=O) groups excluding carboxylic acids is 1. The molecule has 2 aromatic carbocycles. The number of carbonyl (C=O) groups is 1. The number of hydrogen-bond donors (Lipinski definition) is 6. The van der Waals surface area contributed by atoms with E-state index in [1.54, 1.807) is 29.0 Å². The van der Waals surface area contributed by atoms with E-state index in [0.29, 0.717) is 36.0 Å². The van der Waals surface area contributed by atoms with Crippen LogP contribution in [-0.2, 0) is 0 Å². The lowest BCUT2D eigenvalue weighted by molar-refractivity contribution is 0.170. The van der Waals surface area contributed by atoms with Crippen molar-refractivity contribution >= 4 is 23.3 Å². The third-order valence-electron chi connectivity index (χ3n) is 7.57. The Morgan fingerprint density at radius 2 is 1.57 bits per heavy atom. The van der Waals surface area contributed by atoms with Gasteiger partial charge < -0.3 is 20.8 Å². The summed E-state index contributed by atoms with van der Waals surface area (Å²) in [4.78, 5) is 13.3. The molecule has 1 aliphatic rings. The second-order valence-electron chi connectivity index (χ2n) is 13.4. The molecule has 9 nitrogen and oxygen atoms in total. The summed E-state index contributed by atoms with van der Waals surface area (Å²) in [6.45, 7) is 13.7. The van der Waals surface area contributed by atoms with Gasteiger partial charge in [-0.1, -0.05) is 83.5 Å². The maximum Gasteiger partial charge on any atom is 0.320 e. The highest BCUT2D eigenvalue weighted by Crippen LogP contribution is 2.38. The largest absolute Gasteiger partial charge is 0.484 e. The molecule has 3 aromatic rings. The highest BCUT2D eigenvalue weighted by molar-refractivity contribution is 5.97. The Kier molecular flexibility index (Phi) is 9.47. The zero-order chi connectivity index (χ0) is 32.2. The monoisotopic (exact) mass is 595 g/mol. The Morgan fingerprint density at radius 1 is 0.909 bits per heavy atom. The number of amides is 2. The van der Waals surface area contributed by atoms with Crippen LogP contribution in [0.25, 0.3) is 0 Å². The summed E-state index contributed by atoms with van der Waals surface area (Å²) in [5.74, 6) is 1.32. The highest BCUT2D eigenvalue weighted by atomic mass is 16.5. The van der Waals surface area contributed by atoms with Gasteiger partial charge in [0.1, 0.15) is 29.0 Å². The smallest absolute Gasteiger partial charge is 0.320 e. The average Bonchev–Trinajstić information content (AvgIpc) is 2.95. The van der Waals surface area contributed by atoms with Crippen molar-refractivity contribution in [3.63, 3.8) is 0 Å². The molecule has 4 rings (SSSR count). The summed E-state index contributed by atoms with van der Waals surface area (Å²) in [5.41, 5.74) is 3.70. The number of allylic oxidation sites excluding steroid dienone is 1. The number of pyridine rings is 1. The molecule has 1 aromatic heterocycles. The van der Waals surface area contributed by atoms with Crippen LogP contribution in [0.2, 0.25) is 0 Å². The van der Waals surface area contributed by atoms with E-state index in [-0.39, 0.29) is 29.1 Å². The molecule has 0 saturated heterocycles. The number of benzene rings is 2. The standard InChI is InChI=1S/C35H45N7O2/c1-22-12-14-23(15-13-22)39-31(20-29(36)34(2,3)4)41-33(43)40-27-17-18-28(26-11-9-8-10-25(26)27)44-24-16-19-30(37)42(21-24)32(38)35(5,6)7/h8-16,19-21,27-28,36-39H,17-18H2,1-7H3,(H2,40,41,43)/b31-20+,36-29?,37-30?,38-32?. The summed E-state index contributed by atoms with van der Waals surface area (Å²) < 4.78 is 7.99. The predicted octanol–water partition coefficient (Wildman–Crippen LogP) is 7.42. The van der Waals surface area contributed by atoms with Crippen molar-refractivity contribution in [1.82, 2.24) is 15.2 Å². The van der Waals surface area contributed by atoms with E-state index in [0.717, 1.165) is 22.4 Å². The first-order chi connectivity index (χ1) is 20.6. The Balaban J connectivity index is 1.51. The average molecular weight is 596 g/mol. The Hall–Kier alpha value is -4.66. The molecule has 232 valence electrons. The van der Waals surface area contributed by atoms with Gasteiger partial charge in [0.25, 0.3) is 0 Å². The highest BCUT2D eigenvalue weighted by Gasteiger charge is 2.30. The normalized spacial score (nSPS) is 16.8. The first-order valence-corrected chi connectivity index (χ1v) is 15.0.